The summed E-state index contributed by atoms with van der Waals surface area (Å²) in [5.41, 5.74) is 1.33. The van der Waals surface area contributed by atoms with Gasteiger partial charge in [0.1, 0.15) is 23.8 Å². The molecule has 8 heteroatoms. The van der Waals surface area contributed by atoms with Gasteiger partial charge in [-0.1, -0.05) is 12.1 Å². The smallest absolute Gasteiger partial charge is 0.247 e. The van der Waals surface area contributed by atoms with E-state index in [1.165, 1.54) is 24.5 Å². The second-order valence-electron chi connectivity index (χ2n) is 8.39. The number of halogens is 2. The highest BCUT2D eigenvalue weighted by Crippen LogP contribution is 2.64. The average molecular weight is 419 g/mol. The van der Waals surface area contributed by atoms with E-state index in [1.54, 1.807) is 24.3 Å². The van der Waals surface area contributed by atoms with Crippen LogP contribution in [-0.2, 0) is 0 Å². The molecule has 2 aliphatic rings. The largest absolute Gasteiger partial charge is 0.420 e. The standard InChI is InChI=1S/C23H19F2N5O/c24-15-4-1-3-14(11-15)21-28-29-22(31-21)16-12-23(16)7-9-30(10-8-23)20-19-17(25)5-2-6-18(19)26-13-27-20/h1-6,11,13,16H,7-10,12H2. The van der Waals surface area contributed by atoms with Gasteiger partial charge in [-0.25, -0.2) is 18.7 Å². The van der Waals surface area contributed by atoms with Gasteiger partial charge in [-0.2, -0.15) is 0 Å². The molecule has 1 aliphatic carbocycles. The SMILES string of the molecule is Fc1cccc(-c2nnc(C3CC34CCN(c3ncnc5cccc(F)c35)CC4)o2)c1. The van der Waals surface area contributed by atoms with Crippen LogP contribution in [0.4, 0.5) is 14.6 Å². The van der Waals surface area contributed by atoms with Gasteiger partial charge in [-0.05, 0) is 55.0 Å². The first kappa shape index (κ1) is 18.4. The van der Waals surface area contributed by atoms with Crippen molar-refractivity contribution < 1.29 is 13.2 Å². The van der Waals surface area contributed by atoms with Gasteiger partial charge in [0.05, 0.1) is 10.9 Å². The van der Waals surface area contributed by atoms with Gasteiger partial charge in [0, 0.05) is 24.6 Å². The molecular formula is C23H19F2N5O. The van der Waals surface area contributed by atoms with Gasteiger partial charge in [0.25, 0.3) is 0 Å². The normalized spacial score (nSPS) is 19.8. The summed E-state index contributed by atoms with van der Waals surface area (Å²) in [6, 6.07) is 11.1. The maximum Gasteiger partial charge on any atom is 0.247 e. The third-order valence-corrected chi connectivity index (χ3v) is 6.65. The van der Waals surface area contributed by atoms with Crippen molar-refractivity contribution in [2.75, 3.05) is 18.0 Å². The van der Waals surface area contributed by atoms with Crippen molar-refractivity contribution in [2.24, 2.45) is 5.41 Å². The van der Waals surface area contributed by atoms with Crippen LogP contribution < -0.4 is 4.90 Å². The van der Waals surface area contributed by atoms with Crippen molar-refractivity contribution in [3.05, 3.63) is 66.3 Å². The van der Waals surface area contributed by atoms with Crippen molar-refractivity contribution in [3.8, 4) is 11.5 Å². The molecular weight excluding hydrogens is 400 g/mol. The van der Waals surface area contributed by atoms with Gasteiger partial charge in [-0.3, -0.25) is 0 Å². The average Bonchev–Trinajstić information content (AvgIpc) is 3.25. The van der Waals surface area contributed by atoms with Crippen LogP contribution in [0, 0.1) is 17.0 Å². The van der Waals surface area contributed by atoms with E-state index in [-0.39, 0.29) is 23.0 Å². The van der Waals surface area contributed by atoms with Crippen molar-refractivity contribution in [1.82, 2.24) is 20.2 Å². The fraction of sp³-hybridized carbons (Fsp3) is 0.304. The Morgan fingerprint density at radius 3 is 2.68 bits per heavy atom. The third kappa shape index (κ3) is 3.05. The number of fused-ring (bicyclic) bond motifs is 1. The van der Waals surface area contributed by atoms with Crippen molar-refractivity contribution in [3.63, 3.8) is 0 Å². The van der Waals surface area contributed by atoms with Crippen LogP contribution in [0.3, 0.4) is 0 Å². The van der Waals surface area contributed by atoms with E-state index in [2.05, 4.69) is 25.1 Å². The third-order valence-electron chi connectivity index (χ3n) is 6.65. The molecule has 156 valence electrons. The molecule has 1 saturated carbocycles. The monoisotopic (exact) mass is 419 g/mol. The number of hydrogen-bond donors (Lipinski definition) is 0. The summed E-state index contributed by atoms with van der Waals surface area (Å²) in [6.07, 6.45) is 4.36. The van der Waals surface area contributed by atoms with E-state index >= 15 is 0 Å². The zero-order valence-corrected chi connectivity index (χ0v) is 16.6. The molecule has 0 bridgehead atoms. The number of anilines is 1. The molecule has 1 saturated heterocycles. The summed E-state index contributed by atoms with van der Waals surface area (Å²) in [7, 11) is 0. The zero-order chi connectivity index (χ0) is 21.0. The van der Waals surface area contributed by atoms with Crippen LogP contribution in [0.15, 0.2) is 53.2 Å². The van der Waals surface area contributed by atoms with Crippen molar-refractivity contribution in [2.45, 2.75) is 25.2 Å². The molecule has 1 spiro atoms. The minimum Gasteiger partial charge on any atom is -0.420 e. The number of piperidine rings is 1. The Hall–Kier alpha value is -3.42. The highest BCUT2D eigenvalue weighted by atomic mass is 19.1. The summed E-state index contributed by atoms with van der Waals surface area (Å²) in [5, 5.41) is 8.84. The lowest BCUT2D eigenvalue weighted by molar-refractivity contribution is 0.352. The van der Waals surface area contributed by atoms with Crippen LogP contribution in [0.2, 0.25) is 0 Å². The summed E-state index contributed by atoms with van der Waals surface area (Å²) in [6.45, 7) is 1.56. The second-order valence-corrected chi connectivity index (χ2v) is 8.39. The molecule has 6 nitrogen and oxygen atoms in total. The molecule has 6 rings (SSSR count). The Balaban J connectivity index is 1.19. The lowest BCUT2D eigenvalue weighted by Gasteiger charge is -2.34. The molecule has 0 amide bonds. The maximum absolute atomic E-state index is 14.5. The molecule has 2 fully saturated rings. The molecule has 4 aromatic rings. The van der Waals surface area contributed by atoms with Crippen LogP contribution in [0.5, 0.6) is 0 Å². The molecule has 2 aromatic carbocycles. The predicted octanol–water partition coefficient (Wildman–Crippen LogP) is 4.73. The molecule has 0 radical (unpaired) electrons. The van der Waals surface area contributed by atoms with Gasteiger partial charge >= 0.3 is 0 Å². The number of benzene rings is 2. The van der Waals surface area contributed by atoms with Crippen LogP contribution in [0.25, 0.3) is 22.4 Å². The number of aromatic nitrogens is 4. The summed E-state index contributed by atoms with van der Waals surface area (Å²) >= 11 is 0. The Labute approximate surface area is 177 Å². The fourth-order valence-corrected chi connectivity index (χ4v) is 4.82. The van der Waals surface area contributed by atoms with Crippen LogP contribution >= 0.6 is 0 Å². The predicted molar refractivity (Wildman–Crippen MR) is 110 cm³/mol. The molecule has 31 heavy (non-hydrogen) atoms. The second kappa shape index (κ2) is 6.80. The Bertz CT molecular complexity index is 1280. The Morgan fingerprint density at radius 1 is 1.00 bits per heavy atom. The van der Waals surface area contributed by atoms with E-state index < -0.39 is 0 Å². The lowest BCUT2D eigenvalue weighted by Crippen LogP contribution is -2.35. The van der Waals surface area contributed by atoms with Gasteiger partial charge in [-0.15, -0.1) is 10.2 Å². The van der Waals surface area contributed by atoms with Crippen LogP contribution in [0.1, 0.15) is 31.1 Å². The molecule has 3 heterocycles. The molecule has 0 N–H and O–H groups in total. The summed E-state index contributed by atoms with van der Waals surface area (Å²) in [4.78, 5) is 10.7. The highest BCUT2D eigenvalue weighted by molar-refractivity contribution is 5.89. The van der Waals surface area contributed by atoms with Crippen LogP contribution in [-0.4, -0.2) is 33.3 Å². The number of rotatable bonds is 3. The molecule has 1 aliphatic heterocycles. The van der Waals surface area contributed by atoms with Crippen molar-refractivity contribution >= 4 is 16.7 Å². The van der Waals surface area contributed by atoms with Gasteiger partial charge < -0.3 is 9.32 Å². The number of hydrogen-bond acceptors (Lipinski definition) is 6. The molecule has 1 unspecified atom stereocenters. The van der Waals surface area contributed by atoms with Gasteiger partial charge in [0.15, 0.2) is 0 Å². The van der Waals surface area contributed by atoms with E-state index in [0.717, 1.165) is 32.4 Å². The maximum atomic E-state index is 14.5. The van der Waals surface area contributed by atoms with E-state index in [0.29, 0.717) is 34.1 Å². The Morgan fingerprint density at radius 2 is 1.84 bits per heavy atom. The zero-order valence-electron chi connectivity index (χ0n) is 16.6. The summed E-state index contributed by atoms with van der Waals surface area (Å²) in [5.74, 6) is 1.20. The highest BCUT2D eigenvalue weighted by Gasteiger charge is 2.58. The fourth-order valence-electron chi connectivity index (χ4n) is 4.82. The van der Waals surface area contributed by atoms with Gasteiger partial charge in [0.2, 0.25) is 11.8 Å². The first-order chi connectivity index (χ1) is 15.1. The Kier molecular flexibility index (Phi) is 4.03. The van der Waals surface area contributed by atoms with E-state index in [4.69, 9.17) is 4.42 Å². The lowest BCUT2D eigenvalue weighted by atomic mass is 9.90. The topological polar surface area (TPSA) is 67.9 Å². The summed E-state index contributed by atoms with van der Waals surface area (Å²) < 4.78 is 33.8. The first-order valence-electron chi connectivity index (χ1n) is 10.4. The molecule has 2 aromatic heterocycles. The minimum absolute atomic E-state index is 0.129. The van der Waals surface area contributed by atoms with E-state index in [9.17, 15) is 8.78 Å². The molecule has 1 atom stereocenters. The van der Waals surface area contributed by atoms with Crippen molar-refractivity contribution in [1.29, 1.82) is 0 Å². The minimum atomic E-state index is -0.332. The number of nitrogens with zero attached hydrogens (tertiary/aromatic N) is 5. The first-order valence-corrected chi connectivity index (χ1v) is 10.4. The van der Waals surface area contributed by atoms with E-state index in [1.807, 2.05) is 0 Å². The quantitative estimate of drug-likeness (QED) is 0.478.